The highest BCUT2D eigenvalue weighted by Crippen LogP contribution is 2.46. The van der Waals surface area contributed by atoms with E-state index >= 15 is 0 Å². The molecule has 8 nitrogen and oxygen atoms in total. The molecule has 0 amide bonds. The van der Waals surface area contributed by atoms with Crippen LogP contribution in [0.1, 0.15) is 51.4 Å². The van der Waals surface area contributed by atoms with Gasteiger partial charge < -0.3 is 29.1 Å². The number of nitrogens with zero attached hydrogens (tertiary/aromatic N) is 6. The van der Waals surface area contributed by atoms with Gasteiger partial charge in [-0.15, -0.1) is 0 Å². The predicted octanol–water partition coefficient (Wildman–Crippen LogP) is 2.88. The lowest BCUT2D eigenvalue weighted by Crippen LogP contribution is -2.59. The summed E-state index contributed by atoms with van der Waals surface area (Å²) in [5, 5.41) is 0. The molecule has 6 fully saturated rings. The van der Waals surface area contributed by atoms with Crippen LogP contribution in [0.4, 0.5) is 8.78 Å². The number of hydrogen-bond donors (Lipinski definition) is 0. The third-order valence-corrected chi connectivity index (χ3v) is 13.1. The highest BCUT2D eigenvalue weighted by atomic mass is 19.3. The van der Waals surface area contributed by atoms with Crippen LogP contribution in [-0.2, 0) is 9.47 Å². The smallest absolute Gasteiger partial charge is 0.251 e. The van der Waals surface area contributed by atoms with Gasteiger partial charge in [-0.25, -0.2) is 8.78 Å². The van der Waals surface area contributed by atoms with Crippen molar-refractivity contribution in [1.82, 2.24) is 29.4 Å². The van der Waals surface area contributed by atoms with Crippen molar-refractivity contribution < 1.29 is 18.3 Å². The molecule has 6 aliphatic heterocycles. The number of likely N-dealkylation sites (N-methyl/N-ethyl adjacent to an activating group) is 1. The fourth-order valence-electron chi connectivity index (χ4n) is 9.90. The van der Waals surface area contributed by atoms with Crippen LogP contribution in [0.25, 0.3) is 0 Å². The van der Waals surface area contributed by atoms with Gasteiger partial charge in [0.2, 0.25) is 0 Å². The standard InChI is InChI=1S/C34H62F2N6O2/c1-37-12-4-32(5-13-37)6-15-39(16-7-32)24-30(43-3)25-40-17-8-33(9-18-40)10-19-41(26-31(35)36)22-29(33)23-42-20-21-44-34(28-42)11-14-38(2)27-34/h29-31H,4-28H2,1-3H3. The van der Waals surface area contributed by atoms with E-state index < -0.39 is 6.43 Å². The summed E-state index contributed by atoms with van der Waals surface area (Å²) in [5.41, 5.74) is 0.798. The van der Waals surface area contributed by atoms with Gasteiger partial charge in [-0.3, -0.25) is 9.80 Å². The van der Waals surface area contributed by atoms with Crippen molar-refractivity contribution in [2.45, 2.75) is 69.5 Å². The van der Waals surface area contributed by atoms with Crippen LogP contribution >= 0.6 is 0 Å². The molecule has 0 aromatic rings. The van der Waals surface area contributed by atoms with Crippen molar-refractivity contribution in [3.8, 4) is 0 Å². The summed E-state index contributed by atoms with van der Waals surface area (Å²) in [5.74, 6) is 0.435. The van der Waals surface area contributed by atoms with Crippen LogP contribution in [0.5, 0.6) is 0 Å². The Balaban J connectivity index is 1.02. The van der Waals surface area contributed by atoms with Crippen LogP contribution < -0.4 is 0 Å². The lowest BCUT2D eigenvalue weighted by Gasteiger charge is -2.54. The molecule has 0 saturated carbocycles. The maximum atomic E-state index is 13.5. The molecule has 6 aliphatic rings. The van der Waals surface area contributed by atoms with Gasteiger partial charge in [0.1, 0.15) is 0 Å². The summed E-state index contributed by atoms with van der Waals surface area (Å²) in [6.07, 6.45) is 7.90. The van der Waals surface area contributed by atoms with Gasteiger partial charge in [-0.1, -0.05) is 0 Å². The summed E-state index contributed by atoms with van der Waals surface area (Å²) in [4.78, 5) is 14.9. The molecule has 0 radical (unpaired) electrons. The Hall–Kier alpha value is -0.460. The molecule has 0 aromatic carbocycles. The Bertz CT molecular complexity index is 900. The molecule has 3 unspecified atom stereocenters. The van der Waals surface area contributed by atoms with E-state index in [4.69, 9.17) is 9.47 Å². The van der Waals surface area contributed by atoms with Crippen molar-refractivity contribution in [2.24, 2.45) is 16.7 Å². The zero-order chi connectivity index (χ0) is 30.8. The van der Waals surface area contributed by atoms with Gasteiger partial charge in [0.25, 0.3) is 6.43 Å². The highest BCUT2D eigenvalue weighted by molar-refractivity contribution is 5.01. The number of morpholine rings is 1. The van der Waals surface area contributed by atoms with Crippen molar-refractivity contribution in [3.63, 3.8) is 0 Å². The fraction of sp³-hybridized carbons (Fsp3) is 1.00. The van der Waals surface area contributed by atoms with Crippen LogP contribution in [-0.4, -0.2) is 180 Å². The predicted molar refractivity (Wildman–Crippen MR) is 172 cm³/mol. The number of hydrogen-bond acceptors (Lipinski definition) is 8. The lowest BCUT2D eigenvalue weighted by atomic mass is 9.64. The number of piperidine rings is 4. The monoisotopic (exact) mass is 624 g/mol. The minimum Gasteiger partial charge on any atom is -0.379 e. The number of likely N-dealkylation sites (tertiary alicyclic amines) is 5. The first-order chi connectivity index (χ1) is 21.2. The first-order valence-electron chi connectivity index (χ1n) is 17.9. The molecule has 10 heteroatoms. The molecule has 6 saturated heterocycles. The van der Waals surface area contributed by atoms with Crippen LogP contribution in [0.15, 0.2) is 0 Å². The Morgan fingerprint density at radius 1 is 0.682 bits per heavy atom. The quantitative estimate of drug-likeness (QED) is 0.388. The first-order valence-corrected chi connectivity index (χ1v) is 17.9. The van der Waals surface area contributed by atoms with E-state index in [1.807, 2.05) is 7.11 Å². The second kappa shape index (κ2) is 14.3. The number of halogens is 2. The first kappa shape index (κ1) is 33.4. The molecule has 44 heavy (non-hydrogen) atoms. The van der Waals surface area contributed by atoms with Gasteiger partial charge >= 0.3 is 0 Å². The molecule has 0 bridgehead atoms. The average Bonchev–Trinajstić information content (AvgIpc) is 3.36. The van der Waals surface area contributed by atoms with Gasteiger partial charge in [0, 0.05) is 59.5 Å². The van der Waals surface area contributed by atoms with Gasteiger partial charge in [-0.05, 0) is 128 Å². The average molecular weight is 625 g/mol. The minimum absolute atomic E-state index is 0.0436. The second-order valence-electron chi connectivity index (χ2n) is 16.0. The van der Waals surface area contributed by atoms with E-state index in [1.165, 1.54) is 64.7 Å². The van der Waals surface area contributed by atoms with Gasteiger partial charge in [-0.2, -0.15) is 0 Å². The fourth-order valence-corrected chi connectivity index (χ4v) is 9.90. The largest absolute Gasteiger partial charge is 0.379 e. The van der Waals surface area contributed by atoms with E-state index in [0.717, 1.165) is 91.4 Å². The van der Waals surface area contributed by atoms with Crippen LogP contribution in [0.2, 0.25) is 0 Å². The Labute approximate surface area is 266 Å². The summed E-state index contributed by atoms with van der Waals surface area (Å²) >= 11 is 0. The van der Waals surface area contributed by atoms with Crippen LogP contribution in [0.3, 0.4) is 0 Å². The molecule has 3 atom stereocenters. The molecule has 3 spiro atoms. The molecule has 6 rings (SSSR count). The SMILES string of the molecule is COC(CN1CCC2(CCN(C)CC2)CC1)CN1CCC2(CC1)CCN(CC(F)F)CC2CN1CCOC2(CCN(C)C2)C1. The normalized spacial score (nSPS) is 34.1. The van der Waals surface area contributed by atoms with Gasteiger partial charge in [0.05, 0.1) is 24.9 Å². The van der Waals surface area contributed by atoms with Gasteiger partial charge in [0.15, 0.2) is 0 Å². The Morgan fingerprint density at radius 3 is 1.86 bits per heavy atom. The third-order valence-electron chi connectivity index (χ3n) is 13.1. The Morgan fingerprint density at radius 2 is 1.27 bits per heavy atom. The maximum absolute atomic E-state index is 13.5. The second-order valence-corrected chi connectivity index (χ2v) is 16.0. The molecule has 0 aliphatic carbocycles. The molecule has 6 heterocycles. The highest BCUT2D eigenvalue weighted by Gasteiger charge is 2.48. The summed E-state index contributed by atoms with van der Waals surface area (Å²) in [6.45, 7) is 16.5. The molecular formula is C34H62F2N6O2. The van der Waals surface area contributed by atoms with E-state index in [0.29, 0.717) is 11.3 Å². The van der Waals surface area contributed by atoms with Crippen molar-refractivity contribution >= 4 is 0 Å². The van der Waals surface area contributed by atoms with Crippen molar-refractivity contribution in [3.05, 3.63) is 0 Å². The summed E-state index contributed by atoms with van der Waals surface area (Å²) in [6, 6.07) is 0. The zero-order valence-corrected chi connectivity index (χ0v) is 28.2. The zero-order valence-electron chi connectivity index (χ0n) is 28.2. The van der Waals surface area contributed by atoms with Crippen molar-refractivity contribution in [1.29, 1.82) is 0 Å². The van der Waals surface area contributed by atoms with E-state index in [-0.39, 0.29) is 23.7 Å². The lowest BCUT2D eigenvalue weighted by molar-refractivity contribution is -0.116. The number of rotatable bonds is 9. The molecule has 0 aromatic heterocycles. The Kier molecular flexibility index (Phi) is 10.9. The molecule has 0 N–H and O–H groups in total. The van der Waals surface area contributed by atoms with Crippen molar-refractivity contribution in [2.75, 3.05) is 133 Å². The molecule has 254 valence electrons. The number of ether oxygens (including phenoxy) is 2. The minimum atomic E-state index is -2.26. The van der Waals surface area contributed by atoms with E-state index in [2.05, 4.69) is 43.5 Å². The summed E-state index contributed by atoms with van der Waals surface area (Å²) < 4.78 is 39.4. The summed E-state index contributed by atoms with van der Waals surface area (Å²) in [7, 11) is 6.35. The topological polar surface area (TPSA) is 37.9 Å². The van der Waals surface area contributed by atoms with Crippen LogP contribution in [0, 0.1) is 16.7 Å². The maximum Gasteiger partial charge on any atom is 0.251 e. The van der Waals surface area contributed by atoms with E-state index in [9.17, 15) is 8.78 Å². The third kappa shape index (κ3) is 7.97. The van der Waals surface area contributed by atoms with E-state index in [1.54, 1.807) is 0 Å². The number of methoxy groups -OCH3 is 1. The number of alkyl halides is 2. The molecular weight excluding hydrogens is 562 g/mol.